The van der Waals surface area contributed by atoms with Gasteiger partial charge in [-0.05, 0) is 24.3 Å². The minimum Gasteiger partial charge on any atom is -0.486 e. The van der Waals surface area contributed by atoms with Crippen LogP contribution in [0.2, 0.25) is 0 Å². The summed E-state index contributed by atoms with van der Waals surface area (Å²) < 4.78 is 5.83. The first-order valence-corrected chi connectivity index (χ1v) is 5.40. The average Bonchev–Trinajstić information content (AvgIpc) is 2.90. The van der Waals surface area contributed by atoms with E-state index in [9.17, 15) is 0 Å². The van der Waals surface area contributed by atoms with Crippen molar-refractivity contribution in [2.75, 3.05) is 5.73 Å². The summed E-state index contributed by atoms with van der Waals surface area (Å²) in [6, 6.07) is 1.99. The minimum absolute atomic E-state index is 0.0429. The van der Waals surface area contributed by atoms with Crippen molar-refractivity contribution in [1.29, 1.82) is 0 Å². The third kappa shape index (κ3) is 2.22. The van der Waals surface area contributed by atoms with Crippen molar-refractivity contribution in [2.45, 2.75) is 45.1 Å². The van der Waals surface area contributed by atoms with E-state index in [0.29, 0.717) is 11.9 Å². The summed E-state index contributed by atoms with van der Waals surface area (Å²) in [6.45, 7) is 6.46. The standard InChI is InChI=1S/C12H18N2O/c1-12(2,3)9-6-7-14-11(13)10(9)15-8-4-5-8/h6-8H,4-5H2,1-3H3,(H2,13,14). The molecule has 1 saturated carbocycles. The molecule has 82 valence electrons. The number of hydrogen-bond donors (Lipinski definition) is 1. The monoisotopic (exact) mass is 206 g/mol. The van der Waals surface area contributed by atoms with Gasteiger partial charge in [-0.25, -0.2) is 4.98 Å². The predicted octanol–water partition coefficient (Wildman–Crippen LogP) is 2.50. The Morgan fingerprint density at radius 1 is 1.40 bits per heavy atom. The Morgan fingerprint density at radius 2 is 2.07 bits per heavy atom. The second kappa shape index (κ2) is 3.40. The Hall–Kier alpha value is -1.25. The van der Waals surface area contributed by atoms with Gasteiger partial charge in [0.1, 0.15) is 0 Å². The maximum absolute atomic E-state index is 5.86. The number of nitrogens with zero attached hydrogens (tertiary/aromatic N) is 1. The smallest absolute Gasteiger partial charge is 0.166 e. The van der Waals surface area contributed by atoms with Crippen molar-refractivity contribution in [2.24, 2.45) is 0 Å². The molecule has 0 aromatic carbocycles. The molecule has 0 atom stereocenters. The number of anilines is 1. The summed E-state index contributed by atoms with van der Waals surface area (Å²) in [6.07, 6.45) is 4.38. The summed E-state index contributed by atoms with van der Waals surface area (Å²) in [5.41, 5.74) is 7.04. The zero-order valence-corrected chi connectivity index (χ0v) is 9.58. The van der Waals surface area contributed by atoms with Gasteiger partial charge in [-0.1, -0.05) is 20.8 Å². The highest BCUT2D eigenvalue weighted by Crippen LogP contribution is 2.37. The quantitative estimate of drug-likeness (QED) is 0.808. The van der Waals surface area contributed by atoms with Crippen LogP contribution in [-0.4, -0.2) is 11.1 Å². The topological polar surface area (TPSA) is 48.1 Å². The summed E-state index contributed by atoms with van der Waals surface area (Å²) in [5, 5.41) is 0. The lowest BCUT2D eigenvalue weighted by Crippen LogP contribution is -2.15. The van der Waals surface area contributed by atoms with Gasteiger partial charge in [-0.3, -0.25) is 0 Å². The first kappa shape index (κ1) is 10.3. The molecule has 0 amide bonds. The van der Waals surface area contributed by atoms with Gasteiger partial charge in [0.15, 0.2) is 11.6 Å². The molecule has 0 unspecified atom stereocenters. The number of pyridine rings is 1. The highest BCUT2D eigenvalue weighted by molar-refractivity contribution is 5.53. The van der Waals surface area contributed by atoms with Crippen LogP contribution in [0.25, 0.3) is 0 Å². The molecule has 0 spiro atoms. The molecular formula is C12H18N2O. The fourth-order valence-electron chi connectivity index (χ4n) is 1.53. The lowest BCUT2D eigenvalue weighted by Gasteiger charge is -2.23. The number of aromatic nitrogens is 1. The number of hydrogen-bond acceptors (Lipinski definition) is 3. The SMILES string of the molecule is CC(C)(C)c1ccnc(N)c1OC1CC1. The summed E-state index contributed by atoms with van der Waals surface area (Å²) in [7, 11) is 0. The fourth-order valence-corrected chi connectivity index (χ4v) is 1.53. The molecule has 0 aliphatic heterocycles. The first-order chi connectivity index (χ1) is 6.98. The van der Waals surface area contributed by atoms with Crippen LogP contribution < -0.4 is 10.5 Å². The molecule has 1 aromatic rings. The third-order valence-corrected chi connectivity index (χ3v) is 2.55. The van der Waals surface area contributed by atoms with Gasteiger partial charge in [0.25, 0.3) is 0 Å². The molecule has 0 bridgehead atoms. The Labute approximate surface area is 90.7 Å². The molecular weight excluding hydrogens is 188 g/mol. The third-order valence-electron chi connectivity index (χ3n) is 2.55. The van der Waals surface area contributed by atoms with Crippen molar-refractivity contribution in [3.8, 4) is 5.75 Å². The van der Waals surface area contributed by atoms with Crippen LogP contribution in [0.4, 0.5) is 5.82 Å². The molecule has 1 heterocycles. The van der Waals surface area contributed by atoms with E-state index >= 15 is 0 Å². The molecule has 0 saturated heterocycles. The van der Waals surface area contributed by atoms with Gasteiger partial charge in [-0.2, -0.15) is 0 Å². The van der Waals surface area contributed by atoms with Crippen LogP contribution in [0.1, 0.15) is 39.2 Å². The van der Waals surface area contributed by atoms with Crippen molar-refractivity contribution in [3.63, 3.8) is 0 Å². The molecule has 3 nitrogen and oxygen atoms in total. The van der Waals surface area contributed by atoms with Crippen molar-refractivity contribution >= 4 is 5.82 Å². The van der Waals surface area contributed by atoms with Gasteiger partial charge in [0.2, 0.25) is 0 Å². The van der Waals surface area contributed by atoms with Gasteiger partial charge < -0.3 is 10.5 Å². The second-order valence-electron chi connectivity index (χ2n) is 5.14. The average molecular weight is 206 g/mol. The van der Waals surface area contributed by atoms with Crippen molar-refractivity contribution in [1.82, 2.24) is 4.98 Å². The largest absolute Gasteiger partial charge is 0.486 e. The van der Waals surface area contributed by atoms with Crippen molar-refractivity contribution in [3.05, 3.63) is 17.8 Å². The maximum atomic E-state index is 5.86. The van der Waals surface area contributed by atoms with Crippen LogP contribution in [0.5, 0.6) is 5.75 Å². The van der Waals surface area contributed by atoms with E-state index in [1.807, 2.05) is 6.07 Å². The van der Waals surface area contributed by atoms with Crippen molar-refractivity contribution < 1.29 is 4.74 Å². The fraction of sp³-hybridized carbons (Fsp3) is 0.583. The lowest BCUT2D eigenvalue weighted by atomic mass is 9.87. The Kier molecular flexibility index (Phi) is 2.33. The predicted molar refractivity (Wildman–Crippen MR) is 61.0 cm³/mol. The molecule has 3 heteroatoms. The lowest BCUT2D eigenvalue weighted by molar-refractivity contribution is 0.295. The minimum atomic E-state index is 0.0429. The maximum Gasteiger partial charge on any atom is 0.166 e. The summed E-state index contributed by atoms with van der Waals surface area (Å²) in [4.78, 5) is 4.09. The molecule has 1 aliphatic carbocycles. The highest BCUT2D eigenvalue weighted by atomic mass is 16.5. The van der Waals surface area contributed by atoms with E-state index < -0.39 is 0 Å². The van der Waals surface area contributed by atoms with E-state index in [0.717, 1.165) is 24.2 Å². The van der Waals surface area contributed by atoms with Crippen LogP contribution in [0.3, 0.4) is 0 Å². The zero-order valence-electron chi connectivity index (χ0n) is 9.58. The number of rotatable bonds is 2. The zero-order chi connectivity index (χ0) is 11.1. The first-order valence-electron chi connectivity index (χ1n) is 5.40. The molecule has 0 radical (unpaired) electrons. The van der Waals surface area contributed by atoms with Gasteiger partial charge in [0, 0.05) is 11.8 Å². The molecule has 2 N–H and O–H groups in total. The number of nitrogen functional groups attached to an aromatic ring is 1. The second-order valence-corrected chi connectivity index (χ2v) is 5.14. The van der Waals surface area contributed by atoms with E-state index in [2.05, 4.69) is 25.8 Å². The van der Waals surface area contributed by atoms with Crippen LogP contribution in [0.15, 0.2) is 12.3 Å². The molecule has 1 aliphatic rings. The normalized spacial score (nSPS) is 16.5. The molecule has 15 heavy (non-hydrogen) atoms. The van der Waals surface area contributed by atoms with Crippen LogP contribution >= 0.6 is 0 Å². The summed E-state index contributed by atoms with van der Waals surface area (Å²) >= 11 is 0. The number of nitrogens with two attached hydrogens (primary N) is 1. The Bertz CT molecular complexity index is 364. The van der Waals surface area contributed by atoms with E-state index in [4.69, 9.17) is 10.5 Å². The Morgan fingerprint density at radius 3 is 2.60 bits per heavy atom. The van der Waals surface area contributed by atoms with Gasteiger partial charge >= 0.3 is 0 Å². The van der Waals surface area contributed by atoms with E-state index in [1.165, 1.54) is 0 Å². The van der Waals surface area contributed by atoms with Crippen LogP contribution in [0, 0.1) is 0 Å². The van der Waals surface area contributed by atoms with Gasteiger partial charge in [-0.15, -0.1) is 0 Å². The molecule has 1 fully saturated rings. The van der Waals surface area contributed by atoms with E-state index in [1.54, 1.807) is 6.20 Å². The summed E-state index contributed by atoms with van der Waals surface area (Å²) in [5.74, 6) is 1.29. The number of ether oxygens (including phenoxy) is 1. The van der Waals surface area contributed by atoms with Gasteiger partial charge in [0.05, 0.1) is 6.10 Å². The highest BCUT2D eigenvalue weighted by Gasteiger charge is 2.28. The van der Waals surface area contributed by atoms with Crippen LogP contribution in [-0.2, 0) is 5.41 Å². The molecule has 1 aromatic heterocycles. The van der Waals surface area contributed by atoms with E-state index in [-0.39, 0.29) is 5.41 Å². The Balaban J connectivity index is 2.38. The molecule has 2 rings (SSSR count).